The molecule has 1 heteroatoms. The van der Waals surface area contributed by atoms with E-state index >= 15 is 0 Å². The van der Waals surface area contributed by atoms with Crippen LogP contribution in [0.2, 0.25) is 0 Å². The molecular formula is C23H31N. The van der Waals surface area contributed by atoms with E-state index in [1.54, 1.807) is 5.57 Å². The Kier molecular flexibility index (Phi) is 6.56. The summed E-state index contributed by atoms with van der Waals surface area (Å²) in [4.78, 5) is 2.73. The molecule has 1 saturated heterocycles. The van der Waals surface area contributed by atoms with E-state index in [0.717, 1.165) is 25.4 Å². The van der Waals surface area contributed by atoms with Gasteiger partial charge in [0.25, 0.3) is 0 Å². The maximum atomic E-state index is 3.43. The molecule has 0 aliphatic carbocycles. The van der Waals surface area contributed by atoms with Crippen molar-refractivity contribution in [3.63, 3.8) is 0 Å². The Bertz CT molecular complexity index is 589. The van der Waals surface area contributed by atoms with Gasteiger partial charge >= 0.3 is 0 Å². The van der Waals surface area contributed by atoms with Crippen LogP contribution >= 0.6 is 0 Å². The van der Waals surface area contributed by atoms with Gasteiger partial charge in [0, 0.05) is 31.5 Å². The number of hydrogen-bond acceptors (Lipinski definition) is 1. The second kappa shape index (κ2) is 9.09. The highest BCUT2D eigenvalue weighted by Crippen LogP contribution is 2.35. The van der Waals surface area contributed by atoms with Crippen LogP contribution in [0.15, 0.2) is 42.0 Å². The molecule has 2 unspecified atom stereocenters. The summed E-state index contributed by atoms with van der Waals surface area (Å²) < 4.78 is 0. The molecule has 24 heavy (non-hydrogen) atoms. The molecular weight excluding hydrogens is 290 g/mol. The van der Waals surface area contributed by atoms with Crippen LogP contribution in [-0.2, 0) is 6.54 Å². The van der Waals surface area contributed by atoms with Gasteiger partial charge in [0.15, 0.2) is 0 Å². The molecule has 2 aliphatic rings. The molecule has 1 nitrogen and oxygen atoms in total. The van der Waals surface area contributed by atoms with Crippen molar-refractivity contribution in [2.75, 3.05) is 0 Å². The monoisotopic (exact) mass is 321 g/mol. The van der Waals surface area contributed by atoms with Crippen molar-refractivity contribution in [1.29, 1.82) is 0 Å². The fourth-order valence-electron chi connectivity index (χ4n) is 4.11. The maximum Gasteiger partial charge on any atom is 0.0300 e. The molecule has 2 heterocycles. The second-order valence-corrected chi connectivity index (χ2v) is 7.33. The Balaban J connectivity index is 1.58. The SMILES string of the molecule is CCCCCC#CCC1=CC2CCCC(C1)N2Cc1ccccc1. The summed E-state index contributed by atoms with van der Waals surface area (Å²) in [7, 11) is 0. The van der Waals surface area contributed by atoms with Gasteiger partial charge in [0.05, 0.1) is 0 Å². The van der Waals surface area contributed by atoms with E-state index in [9.17, 15) is 0 Å². The van der Waals surface area contributed by atoms with Crippen molar-refractivity contribution >= 4 is 0 Å². The molecule has 3 rings (SSSR count). The average molecular weight is 322 g/mol. The highest BCUT2D eigenvalue weighted by Gasteiger charge is 2.33. The Morgan fingerprint density at radius 2 is 1.96 bits per heavy atom. The normalized spacial score (nSPS) is 23.3. The Labute approximate surface area is 148 Å². The van der Waals surface area contributed by atoms with Crippen LogP contribution in [0.1, 0.15) is 70.3 Å². The van der Waals surface area contributed by atoms with Crippen LogP contribution in [0.4, 0.5) is 0 Å². The van der Waals surface area contributed by atoms with Gasteiger partial charge in [0.2, 0.25) is 0 Å². The number of benzene rings is 1. The lowest BCUT2D eigenvalue weighted by Gasteiger charge is -2.45. The van der Waals surface area contributed by atoms with Crippen molar-refractivity contribution in [2.24, 2.45) is 0 Å². The van der Waals surface area contributed by atoms with Gasteiger partial charge in [-0.3, -0.25) is 4.90 Å². The molecule has 1 fully saturated rings. The van der Waals surface area contributed by atoms with E-state index < -0.39 is 0 Å². The maximum absolute atomic E-state index is 3.43. The molecule has 128 valence electrons. The third kappa shape index (κ3) is 4.74. The molecule has 0 amide bonds. The minimum Gasteiger partial charge on any atom is -0.289 e. The van der Waals surface area contributed by atoms with Crippen molar-refractivity contribution in [2.45, 2.75) is 83.3 Å². The van der Waals surface area contributed by atoms with E-state index in [-0.39, 0.29) is 0 Å². The van der Waals surface area contributed by atoms with Gasteiger partial charge in [0.1, 0.15) is 0 Å². The van der Waals surface area contributed by atoms with Crippen LogP contribution in [-0.4, -0.2) is 17.0 Å². The van der Waals surface area contributed by atoms with Crippen LogP contribution in [0.25, 0.3) is 0 Å². The standard InChI is InChI=1S/C23H31N/c1-2-3-4-5-6-8-14-21-17-22-15-11-16-23(18-21)24(22)19-20-12-9-7-10-13-20/h7,9-10,12-13,17,22-23H,2-5,11,14-16,18-19H2,1H3. The molecule has 1 aromatic carbocycles. The highest BCUT2D eigenvalue weighted by atomic mass is 15.2. The van der Waals surface area contributed by atoms with E-state index in [0.29, 0.717) is 6.04 Å². The minimum absolute atomic E-state index is 0.634. The number of fused-ring (bicyclic) bond motifs is 2. The molecule has 2 bridgehead atoms. The van der Waals surface area contributed by atoms with E-state index in [1.807, 2.05) is 0 Å². The molecule has 2 atom stereocenters. The quantitative estimate of drug-likeness (QED) is 0.368. The van der Waals surface area contributed by atoms with Crippen molar-refractivity contribution in [3.05, 3.63) is 47.5 Å². The van der Waals surface area contributed by atoms with Crippen LogP contribution in [0.5, 0.6) is 0 Å². The average Bonchev–Trinajstić information content (AvgIpc) is 2.59. The van der Waals surface area contributed by atoms with Gasteiger partial charge in [-0.25, -0.2) is 0 Å². The first kappa shape index (κ1) is 17.3. The third-order valence-corrected chi connectivity index (χ3v) is 5.41. The minimum atomic E-state index is 0.634. The fourth-order valence-corrected chi connectivity index (χ4v) is 4.11. The Morgan fingerprint density at radius 3 is 2.75 bits per heavy atom. The molecule has 0 aromatic heterocycles. The first-order chi connectivity index (χ1) is 11.9. The number of hydrogen-bond donors (Lipinski definition) is 0. The summed E-state index contributed by atoms with van der Waals surface area (Å²) in [5.74, 6) is 6.81. The van der Waals surface area contributed by atoms with Gasteiger partial charge < -0.3 is 0 Å². The fraction of sp³-hybridized carbons (Fsp3) is 0.565. The summed E-state index contributed by atoms with van der Waals surface area (Å²) in [5, 5.41) is 0. The van der Waals surface area contributed by atoms with E-state index in [2.05, 4.69) is 60.1 Å². The zero-order valence-corrected chi connectivity index (χ0v) is 15.1. The summed E-state index contributed by atoms with van der Waals surface area (Å²) >= 11 is 0. The van der Waals surface area contributed by atoms with Crippen LogP contribution in [0.3, 0.4) is 0 Å². The summed E-state index contributed by atoms with van der Waals surface area (Å²) in [5.41, 5.74) is 3.04. The zero-order valence-electron chi connectivity index (χ0n) is 15.1. The Hall–Kier alpha value is -1.52. The number of piperidine rings is 1. The number of nitrogens with zero attached hydrogens (tertiary/aromatic N) is 1. The Morgan fingerprint density at radius 1 is 1.08 bits per heavy atom. The molecule has 1 aromatic rings. The van der Waals surface area contributed by atoms with E-state index in [1.165, 1.54) is 50.5 Å². The number of unbranched alkanes of at least 4 members (excludes halogenated alkanes) is 3. The third-order valence-electron chi connectivity index (χ3n) is 5.41. The first-order valence-electron chi connectivity index (χ1n) is 9.81. The molecule has 0 saturated carbocycles. The summed E-state index contributed by atoms with van der Waals surface area (Å²) in [6.07, 6.45) is 13.8. The van der Waals surface area contributed by atoms with Crippen molar-refractivity contribution in [1.82, 2.24) is 4.90 Å². The van der Waals surface area contributed by atoms with Gasteiger partial charge in [-0.2, -0.15) is 0 Å². The topological polar surface area (TPSA) is 3.24 Å². The van der Waals surface area contributed by atoms with E-state index in [4.69, 9.17) is 0 Å². The zero-order chi connectivity index (χ0) is 16.6. The largest absolute Gasteiger partial charge is 0.289 e. The lowest BCUT2D eigenvalue weighted by Crippen LogP contribution is -2.47. The van der Waals surface area contributed by atoms with Crippen molar-refractivity contribution < 1.29 is 0 Å². The molecule has 0 N–H and O–H groups in total. The lowest BCUT2D eigenvalue weighted by molar-refractivity contribution is 0.0882. The number of rotatable bonds is 6. The van der Waals surface area contributed by atoms with Crippen LogP contribution < -0.4 is 0 Å². The van der Waals surface area contributed by atoms with Crippen LogP contribution in [0, 0.1) is 11.8 Å². The highest BCUT2D eigenvalue weighted by molar-refractivity contribution is 5.23. The van der Waals surface area contributed by atoms with Gasteiger partial charge in [-0.15, -0.1) is 5.92 Å². The molecule has 2 aliphatic heterocycles. The first-order valence-corrected chi connectivity index (χ1v) is 9.81. The van der Waals surface area contributed by atoms with Crippen molar-refractivity contribution in [3.8, 4) is 11.8 Å². The second-order valence-electron chi connectivity index (χ2n) is 7.33. The molecule has 0 radical (unpaired) electrons. The van der Waals surface area contributed by atoms with Gasteiger partial charge in [-0.05, 0) is 31.2 Å². The van der Waals surface area contributed by atoms with Gasteiger partial charge in [-0.1, -0.05) is 74.1 Å². The lowest BCUT2D eigenvalue weighted by atomic mass is 9.84. The predicted octanol–water partition coefficient (Wildman–Crippen LogP) is 5.71. The smallest absolute Gasteiger partial charge is 0.0300 e. The summed E-state index contributed by atoms with van der Waals surface area (Å²) in [6, 6.07) is 12.3. The summed E-state index contributed by atoms with van der Waals surface area (Å²) in [6.45, 7) is 3.35. The molecule has 0 spiro atoms. The predicted molar refractivity (Wildman–Crippen MR) is 103 cm³/mol.